The van der Waals surface area contributed by atoms with Gasteiger partial charge in [0.15, 0.2) is 5.95 Å². The fraction of sp³-hybridized carbons (Fsp3) is 0.438. The lowest BCUT2D eigenvalue weighted by Crippen LogP contribution is -1.94. The highest BCUT2D eigenvalue weighted by molar-refractivity contribution is 5.51. The van der Waals surface area contributed by atoms with Crippen molar-refractivity contribution in [1.82, 2.24) is 9.97 Å². The zero-order chi connectivity index (χ0) is 13.9. The van der Waals surface area contributed by atoms with Gasteiger partial charge in [0.05, 0.1) is 12.8 Å². The highest BCUT2D eigenvalue weighted by Gasteiger charge is 2.60. The quantitative estimate of drug-likeness (QED) is 0.881. The van der Waals surface area contributed by atoms with Crippen molar-refractivity contribution in [1.29, 1.82) is 0 Å². The van der Waals surface area contributed by atoms with Gasteiger partial charge in [0.25, 0.3) is 0 Å². The SMILES string of the molecule is CC1(C)C(c2cnc(N)[nH]2)C1c1cccc2c1CCO2. The van der Waals surface area contributed by atoms with E-state index in [0.29, 0.717) is 17.8 Å². The third-order valence-corrected chi connectivity index (χ3v) is 4.89. The number of nitrogen functional groups attached to an aromatic ring is 1. The highest BCUT2D eigenvalue weighted by atomic mass is 16.5. The number of imidazole rings is 1. The molecular formula is C16H19N3O. The Morgan fingerprint density at radius 2 is 2.20 bits per heavy atom. The Kier molecular flexibility index (Phi) is 2.23. The summed E-state index contributed by atoms with van der Waals surface area (Å²) in [5, 5.41) is 0. The van der Waals surface area contributed by atoms with Crippen LogP contribution < -0.4 is 10.5 Å². The molecule has 2 atom stereocenters. The molecule has 0 amide bonds. The predicted molar refractivity (Wildman–Crippen MR) is 77.9 cm³/mol. The minimum atomic E-state index is 0.233. The van der Waals surface area contributed by atoms with Crippen molar-refractivity contribution < 1.29 is 4.74 Å². The molecule has 2 heterocycles. The van der Waals surface area contributed by atoms with Crippen LogP contribution in [0.15, 0.2) is 24.4 Å². The van der Waals surface area contributed by atoms with E-state index in [0.717, 1.165) is 24.5 Å². The molecule has 0 radical (unpaired) electrons. The fourth-order valence-electron chi connectivity index (χ4n) is 3.85. The van der Waals surface area contributed by atoms with Gasteiger partial charge in [0, 0.05) is 23.6 Å². The van der Waals surface area contributed by atoms with E-state index in [1.807, 2.05) is 6.20 Å². The summed E-state index contributed by atoms with van der Waals surface area (Å²) in [7, 11) is 0. The first-order chi connectivity index (χ1) is 9.59. The second-order valence-corrected chi connectivity index (χ2v) is 6.42. The first kappa shape index (κ1) is 11.8. The Morgan fingerprint density at radius 1 is 1.35 bits per heavy atom. The molecule has 3 N–H and O–H groups in total. The molecule has 0 bridgehead atoms. The monoisotopic (exact) mass is 269 g/mol. The smallest absolute Gasteiger partial charge is 0.197 e. The van der Waals surface area contributed by atoms with E-state index in [-0.39, 0.29) is 5.41 Å². The standard InChI is InChI=1S/C16H19N3O/c1-16(2)13(14(16)11-8-18-15(17)19-11)10-4-3-5-12-9(10)6-7-20-12/h3-5,8,13-14H,6-7H2,1-2H3,(H3,17,18,19). The predicted octanol–water partition coefficient (Wildman–Crippen LogP) is 2.83. The number of nitrogens with zero attached hydrogens (tertiary/aromatic N) is 1. The molecule has 1 aromatic heterocycles. The summed E-state index contributed by atoms with van der Waals surface area (Å²) in [6.45, 7) is 5.43. The minimum Gasteiger partial charge on any atom is -0.493 e. The highest BCUT2D eigenvalue weighted by Crippen LogP contribution is 2.70. The number of nitrogens with one attached hydrogen (secondary N) is 1. The van der Waals surface area contributed by atoms with Crippen LogP contribution in [0.2, 0.25) is 0 Å². The van der Waals surface area contributed by atoms with E-state index in [1.54, 1.807) is 0 Å². The van der Waals surface area contributed by atoms with Crippen LogP contribution >= 0.6 is 0 Å². The second-order valence-electron chi connectivity index (χ2n) is 6.42. The lowest BCUT2D eigenvalue weighted by atomic mass is 9.96. The van der Waals surface area contributed by atoms with Crippen molar-refractivity contribution in [3.63, 3.8) is 0 Å². The number of nitrogens with two attached hydrogens (primary N) is 1. The second kappa shape index (κ2) is 3.78. The number of H-pyrrole nitrogens is 1. The number of hydrogen-bond acceptors (Lipinski definition) is 3. The summed E-state index contributed by atoms with van der Waals surface area (Å²) in [6, 6.07) is 6.43. The molecule has 1 fully saturated rings. The number of rotatable bonds is 2. The lowest BCUT2D eigenvalue weighted by Gasteiger charge is -2.08. The normalized spacial score (nSPS) is 26.1. The molecule has 104 valence electrons. The van der Waals surface area contributed by atoms with Crippen molar-refractivity contribution in [2.45, 2.75) is 32.1 Å². The Labute approximate surface area is 118 Å². The summed E-state index contributed by atoms with van der Waals surface area (Å²) >= 11 is 0. The zero-order valence-corrected chi connectivity index (χ0v) is 11.8. The van der Waals surface area contributed by atoms with Crippen molar-refractivity contribution in [2.75, 3.05) is 12.3 Å². The molecule has 0 saturated heterocycles. The van der Waals surface area contributed by atoms with Crippen molar-refractivity contribution >= 4 is 5.95 Å². The topological polar surface area (TPSA) is 63.9 Å². The Bertz CT molecular complexity index is 674. The van der Waals surface area contributed by atoms with Crippen LogP contribution in [0.4, 0.5) is 5.95 Å². The minimum absolute atomic E-state index is 0.233. The van der Waals surface area contributed by atoms with Crippen molar-refractivity contribution in [3.8, 4) is 5.75 Å². The number of anilines is 1. The first-order valence-electron chi connectivity index (χ1n) is 7.14. The van der Waals surface area contributed by atoms with Crippen LogP contribution in [-0.4, -0.2) is 16.6 Å². The van der Waals surface area contributed by atoms with Crippen LogP contribution in [0.1, 0.15) is 42.5 Å². The van der Waals surface area contributed by atoms with Gasteiger partial charge in [0.1, 0.15) is 5.75 Å². The molecule has 1 saturated carbocycles. The summed E-state index contributed by atoms with van der Waals surface area (Å²) in [5.41, 5.74) is 9.92. The Morgan fingerprint density at radius 3 is 2.95 bits per heavy atom. The summed E-state index contributed by atoms with van der Waals surface area (Å²) in [6.07, 6.45) is 2.90. The number of fused-ring (bicyclic) bond motifs is 1. The average Bonchev–Trinajstić information content (AvgIpc) is 2.83. The number of aromatic amines is 1. The molecule has 0 spiro atoms. The maximum Gasteiger partial charge on any atom is 0.197 e. The molecule has 2 aromatic rings. The Balaban J connectivity index is 1.75. The van der Waals surface area contributed by atoms with Crippen molar-refractivity contribution in [3.05, 3.63) is 41.2 Å². The van der Waals surface area contributed by atoms with Gasteiger partial charge in [-0.1, -0.05) is 26.0 Å². The van der Waals surface area contributed by atoms with Gasteiger partial charge in [-0.2, -0.15) is 0 Å². The van der Waals surface area contributed by atoms with Gasteiger partial charge in [-0.25, -0.2) is 4.98 Å². The van der Waals surface area contributed by atoms with Crippen molar-refractivity contribution in [2.24, 2.45) is 5.41 Å². The maximum atomic E-state index is 5.72. The molecule has 1 aliphatic carbocycles. The molecule has 20 heavy (non-hydrogen) atoms. The third-order valence-electron chi connectivity index (χ3n) is 4.89. The molecule has 4 heteroatoms. The van der Waals surface area contributed by atoms with Gasteiger partial charge >= 0.3 is 0 Å². The largest absolute Gasteiger partial charge is 0.493 e. The van der Waals surface area contributed by atoms with Crippen LogP contribution in [0.25, 0.3) is 0 Å². The number of benzene rings is 1. The van der Waals surface area contributed by atoms with Crippen LogP contribution in [0.3, 0.4) is 0 Å². The first-order valence-corrected chi connectivity index (χ1v) is 7.14. The summed E-state index contributed by atoms with van der Waals surface area (Å²) < 4.78 is 5.69. The summed E-state index contributed by atoms with van der Waals surface area (Å²) in [5.74, 6) is 2.54. The van der Waals surface area contributed by atoms with E-state index >= 15 is 0 Å². The number of aromatic nitrogens is 2. The van der Waals surface area contributed by atoms with Crippen LogP contribution in [0, 0.1) is 5.41 Å². The van der Waals surface area contributed by atoms with E-state index < -0.39 is 0 Å². The van der Waals surface area contributed by atoms with Gasteiger partial charge in [-0.3, -0.25) is 0 Å². The molecule has 4 nitrogen and oxygen atoms in total. The van der Waals surface area contributed by atoms with Gasteiger partial charge in [-0.05, 0) is 23.0 Å². The Hall–Kier alpha value is -1.97. The summed E-state index contributed by atoms with van der Waals surface area (Å²) in [4.78, 5) is 7.34. The molecular weight excluding hydrogens is 250 g/mol. The van der Waals surface area contributed by atoms with E-state index in [1.165, 1.54) is 11.1 Å². The number of hydrogen-bond donors (Lipinski definition) is 2. The van der Waals surface area contributed by atoms with Gasteiger partial charge < -0.3 is 15.5 Å². The number of ether oxygens (including phenoxy) is 1. The molecule has 2 unspecified atom stereocenters. The van der Waals surface area contributed by atoms with Gasteiger partial charge in [0.2, 0.25) is 0 Å². The van der Waals surface area contributed by atoms with Crippen LogP contribution in [-0.2, 0) is 6.42 Å². The maximum absolute atomic E-state index is 5.72. The fourth-order valence-corrected chi connectivity index (χ4v) is 3.85. The third kappa shape index (κ3) is 1.51. The van der Waals surface area contributed by atoms with E-state index in [9.17, 15) is 0 Å². The zero-order valence-electron chi connectivity index (χ0n) is 11.8. The molecule has 2 aliphatic rings. The van der Waals surface area contributed by atoms with Gasteiger partial charge in [-0.15, -0.1) is 0 Å². The molecule has 1 aliphatic heterocycles. The van der Waals surface area contributed by atoms with Crippen LogP contribution in [0.5, 0.6) is 5.75 Å². The van der Waals surface area contributed by atoms with E-state index in [2.05, 4.69) is 42.0 Å². The molecule has 4 rings (SSSR count). The average molecular weight is 269 g/mol. The van der Waals surface area contributed by atoms with E-state index in [4.69, 9.17) is 10.5 Å². The molecule has 1 aromatic carbocycles. The lowest BCUT2D eigenvalue weighted by molar-refractivity contribution is 0.357.